The third kappa shape index (κ3) is 2.79. The van der Waals surface area contributed by atoms with Crippen LogP contribution in [0.5, 0.6) is 0 Å². The van der Waals surface area contributed by atoms with Crippen molar-refractivity contribution >= 4 is 23.9 Å². The van der Waals surface area contributed by atoms with E-state index in [2.05, 4.69) is 15.2 Å². The number of amides is 1. The predicted molar refractivity (Wildman–Crippen MR) is 70.6 cm³/mol. The number of nitrogens with two attached hydrogens (primary N) is 1. The summed E-state index contributed by atoms with van der Waals surface area (Å²) in [5.74, 6) is 0.988. The molecule has 1 aromatic rings. The zero-order valence-electron chi connectivity index (χ0n) is 10.1. The Morgan fingerprint density at radius 3 is 3.06 bits per heavy atom. The molecule has 0 saturated carbocycles. The number of allylic oxidation sites excluding steroid dienone is 1. The molecule has 1 aliphatic heterocycles. The van der Waals surface area contributed by atoms with Gasteiger partial charge in [0.25, 0.3) is 0 Å². The van der Waals surface area contributed by atoms with E-state index in [4.69, 9.17) is 5.73 Å². The summed E-state index contributed by atoms with van der Waals surface area (Å²) >= 11 is 1.32. The second-order valence-electron chi connectivity index (χ2n) is 3.86. The fourth-order valence-corrected chi connectivity index (χ4v) is 2.52. The largest absolute Gasteiger partial charge is 0.369 e. The molecule has 0 bridgehead atoms. The highest BCUT2D eigenvalue weighted by Crippen LogP contribution is 2.25. The molecule has 1 atom stereocenters. The van der Waals surface area contributed by atoms with Crippen molar-refractivity contribution in [3.63, 3.8) is 0 Å². The molecule has 0 fully saturated rings. The van der Waals surface area contributed by atoms with E-state index in [9.17, 15) is 4.79 Å². The van der Waals surface area contributed by atoms with Crippen molar-refractivity contribution in [1.82, 2.24) is 14.8 Å². The maximum absolute atomic E-state index is 10.8. The summed E-state index contributed by atoms with van der Waals surface area (Å²) < 4.78 is 2.02. The zero-order chi connectivity index (χ0) is 13.0. The monoisotopic (exact) mass is 265 g/mol. The van der Waals surface area contributed by atoms with E-state index in [0.29, 0.717) is 0 Å². The van der Waals surface area contributed by atoms with Crippen LogP contribution in [0.2, 0.25) is 0 Å². The van der Waals surface area contributed by atoms with Crippen LogP contribution in [0.1, 0.15) is 25.1 Å². The number of nitrogens with zero attached hydrogens (tertiary/aromatic N) is 4. The smallest absolute Gasteiger partial charge is 0.227 e. The van der Waals surface area contributed by atoms with Crippen LogP contribution in [0.15, 0.2) is 22.4 Å². The van der Waals surface area contributed by atoms with Crippen LogP contribution in [0.25, 0.3) is 0 Å². The van der Waals surface area contributed by atoms with Gasteiger partial charge in [-0.15, -0.1) is 10.2 Å². The predicted octanol–water partition coefficient (Wildman–Crippen LogP) is 0.947. The number of hydrogen-bond donors (Lipinski definition) is 1. The quantitative estimate of drug-likeness (QED) is 0.803. The van der Waals surface area contributed by atoms with Gasteiger partial charge in [-0.2, -0.15) is 0 Å². The molecule has 2 rings (SSSR count). The summed E-state index contributed by atoms with van der Waals surface area (Å²) in [5, 5.41) is 9.08. The van der Waals surface area contributed by atoms with Crippen molar-refractivity contribution in [2.45, 2.75) is 31.0 Å². The molecule has 7 heteroatoms. The number of thioether (sulfide) groups is 1. The van der Waals surface area contributed by atoms with Gasteiger partial charge in [0.2, 0.25) is 5.91 Å². The summed E-state index contributed by atoms with van der Waals surface area (Å²) in [6, 6.07) is 0. The van der Waals surface area contributed by atoms with E-state index in [0.717, 1.165) is 23.9 Å². The highest BCUT2D eigenvalue weighted by molar-refractivity contribution is 7.99. The molecular weight excluding hydrogens is 250 g/mol. The lowest BCUT2D eigenvalue weighted by Gasteiger charge is -2.13. The molecule has 6 nitrogen and oxygen atoms in total. The van der Waals surface area contributed by atoms with Crippen LogP contribution in [0.4, 0.5) is 0 Å². The van der Waals surface area contributed by atoms with Crippen molar-refractivity contribution in [2.24, 2.45) is 10.7 Å². The van der Waals surface area contributed by atoms with Crippen molar-refractivity contribution in [3.8, 4) is 0 Å². The summed E-state index contributed by atoms with van der Waals surface area (Å²) in [5.41, 5.74) is 5.14. The molecule has 18 heavy (non-hydrogen) atoms. The molecule has 2 N–H and O–H groups in total. The normalized spacial score (nSPS) is 18.2. The van der Waals surface area contributed by atoms with E-state index in [1.807, 2.05) is 23.8 Å². The SMILES string of the molecule is CCn1c(SCC(N)=O)nnc1C1C=CN=CC1. The molecule has 1 unspecified atom stereocenters. The lowest BCUT2D eigenvalue weighted by atomic mass is 10.0. The first kappa shape index (κ1) is 12.8. The van der Waals surface area contributed by atoms with E-state index < -0.39 is 0 Å². The van der Waals surface area contributed by atoms with Gasteiger partial charge in [0, 0.05) is 24.9 Å². The first-order valence-electron chi connectivity index (χ1n) is 5.75. The number of carbonyl (C=O) groups is 1. The second-order valence-corrected chi connectivity index (χ2v) is 4.80. The third-order valence-corrected chi connectivity index (χ3v) is 3.60. The molecule has 1 aromatic heterocycles. The van der Waals surface area contributed by atoms with Gasteiger partial charge in [-0.25, -0.2) is 0 Å². The van der Waals surface area contributed by atoms with Gasteiger partial charge in [0.1, 0.15) is 5.82 Å². The molecule has 0 radical (unpaired) electrons. The van der Waals surface area contributed by atoms with Gasteiger partial charge in [0.05, 0.1) is 5.75 Å². The molecule has 0 saturated heterocycles. The van der Waals surface area contributed by atoms with Gasteiger partial charge >= 0.3 is 0 Å². The Kier molecular flexibility index (Phi) is 4.14. The Balaban J connectivity index is 2.18. The van der Waals surface area contributed by atoms with Crippen LogP contribution in [-0.2, 0) is 11.3 Å². The number of hydrogen-bond acceptors (Lipinski definition) is 5. The van der Waals surface area contributed by atoms with E-state index in [1.54, 1.807) is 6.20 Å². The molecule has 2 heterocycles. The number of carbonyl (C=O) groups excluding carboxylic acids is 1. The summed E-state index contributed by atoms with van der Waals surface area (Å²) in [6.45, 7) is 2.80. The van der Waals surface area contributed by atoms with Gasteiger partial charge in [-0.3, -0.25) is 9.79 Å². The van der Waals surface area contributed by atoms with Crippen LogP contribution in [-0.4, -0.2) is 32.6 Å². The summed E-state index contributed by atoms with van der Waals surface area (Å²) in [4.78, 5) is 14.8. The Labute approximate surface area is 109 Å². The first-order chi connectivity index (χ1) is 8.72. The highest BCUT2D eigenvalue weighted by Gasteiger charge is 2.19. The maximum Gasteiger partial charge on any atom is 0.227 e. The Morgan fingerprint density at radius 2 is 2.44 bits per heavy atom. The number of rotatable bonds is 5. The molecule has 1 amide bonds. The van der Waals surface area contributed by atoms with Crippen molar-refractivity contribution in [3.05, 3.63) is 18.1 Å². The minimum Gasteiger partial charge on any atom is -0.369 e. The first-order valence-corrected chi connectivity index (χ1v) is 6.73. The van der Waals surface area contributed by atoms with E-state index in [1.165, 1.54) is 11.8 Å². The Hall–Kier alpha value is -1.63. The Morgan fingerprint density at radius 1 is 1.61 bits per heavy atom. The van der Waals surface area contributed by atoms with Crippen LogP contribution < -0.4 is 5.73 Å². The lowest BCUT2D eigenvalue weighted by molar-refractivity contribution is -0.115. The zero-order valence-corrected chi connectivity index (χ0v) is 10.9. The molecular formula is C11H15N5OS. The van der Waals surface area contributed by atoms with E-state index >= 15 is 0 Å². The minimum atomic E-state index is -0.350. The minimum absolute atomic E-state index is 0.206. The molecule has 0 aromatic carbocycles. The summed E-state index contributed by atoms with van der Waals surface area (Å²) in [6.07, 6.45) is 6.49. The third-order valence-electron chi connectivity index (χ3n) is 2.61. The fraction of sp³-hybridized carbons (Fsp3) is 0.455. The fourth-order valence-electron chi connectivity index (χ4n) is 1.77. The van der Waals surface area contributed by atoms with Gasteiger partial charge in [-0.05, 0) is 13.3 Å². The number of aliphatic imine (C=N–C) groups is 1. The summed E-state index contributed by atoms with van der Waals surface area (Å²) in [7, 11) is 0. The molecule has 1 aliphatic rings. The van der Waals surface area contributed by atoms with Crippen LogP contribution >= 0.6 is 11.8 Å². The number of primary amides is 1. The average Bonchev–Trinajstić information content (AvgIpc) is 2.80. The van der Waals surface area contributed by atoms with Crippen LogP contribution in [0.3, 0.4) is 0 Å². The molecule has 0 aliphatic carbocycles. The maximum atomic E-state index is 10.8. The van der Waals surface area contributed by atoms with Crippen LogP contribution in [0, 0.1) is 0 Å². The second kappa shape index (κ2) is 5.81. The van der Waals surface area contributed by atoms with E-state index in [-0.39, 0.29) is 17.6 Å². The van der Waals surface area contributed by atoms with Gasteiger partial charge < -0.3 is 10.3 Å². The van der Waals surface area contributed by atoms with Crippen molar-refractivity contribution < 1.29 is 4.79 Å². The van der Waals surface area contributed by atoms with Gasteiger partial charge in [-0.1, -0.05) is 17.8 Å². The lowest BCUT2D eigenvalue weighted by Crippen LogP contribution is -2.14. The standard InChI is InChI=1S/C11H15N5OS/c1-2-16-10(8-3-5-13-6-4-8)14-15-11(16)18-7-9(12)17/h3,5-6,8H,2,4,7H2,1H3,(H2,12,17). The number of aromatic nitrogens is 3. The van der Waals surface area contributed by atoms with Crippen molar-refractivity contribution in [1.29, 1.82) is 0 Å². The molecule has 96 valence electrons. The average molecular weight is 265 g/mol. The highest BCUT2D eigenvalue weighted by atomic mass is 32.2. The topological polar surface area (TPSA) is 86.2 Å². The van der Waals surface area contributed by atoms with Crippen molar-refractivity contribution in [2.75, 3.05) is 5.75 Å². The Bertz CT molecular complexity index is 494. The molecule has 0 spiro atoms. The van der Waals surface area contributed by atoms with Gasteiger partial charge in [0.15, 0.2) is 5.16 Å².